The van der Waals surface area contributed by atoms with Crippen LogP contribution in [0.15, 0.2) is 24.3 Å². The van der Waals surface area contributed by atoms with Crippen molar-refractivity contribution in [1.82, 2.24) is 4.90 Å². The van der Waals surface area contributed by atoms with E-state index < -0.39 is 17.4 Å². The van der Waals surface area contributed by atoms with Crippen LogP contribution < -0.4 is 0 Å². The van der Waals surface area contributed by atoms with Gasteiger partial charge in [-0.05, 0) is 36.5 Å². The van der Waals surface area contributed by atoms with Crippen LogP contribution >= 0.6 is 0 Å². The second-order valence-electron chi connectivity index (χ2n) is 6.22. The number of fused-ring (bicyclic) bond motifs is 1. The lowest BCUT2D eigenvalue weighted by Gasteiger charge is -2.23. The van der Waals surface area contributed by atoms with Crippen LogP contribution in [0.4, 0.5) is 0 Å². The van der Waals surface area contributed by atoms with Crippen molar-refractivity contribution >= 4 is 11.9 Å². The molecule has 0 amide bonds. The number of aromatic carboxylic acids is 1. The number of hydrogen-bond acceptors (Lipinski definition) is 3. The number of aliphatic carboxylic acids is 1. The van der Waals surface area contributed by atoms with E-state index in [1.165, 1.54) is 0 Å². The van der Waals surface area contributed by atoms with Crippen molar-refractivity contribution < 1.29 is 19.8 Å². The van der Waals surface area contributed by atoms with E-state index in [9.17, 15) is 14.7 Å². The fourth-order valence-electron chi connectivity index (χ4n) is 3.87. The van der Waals surface area contributed by atoms with Gasteiger partial charge in [0.05, 0.1) is 11.0 Å². The number of carboxylic acids is 2. The lowest BCUT2D eigenvalue weighted by Crippen LogP contribution is -2.35. The molecule has 3 rings (SSSR count). The summed E-state index contributed by atoms with van der Waals surface area (Å²) in [6.45, 7) is 2.12. The lowest BCUT2D eigenvalue weighted by molar-refractivity contribution is -0.149. The Morgan fingerprint density at radius 3 is 2.52 bits per heavy atom. The maximum atomic E-state index is 11.6. The molecule has 2 atom stereocenters. The minimum atomic E-state index is -0.929. The molecule has 1 aliphatic heterocycles. The highest BCUT2D eigenvalue weighted by Gasteiger charge is 2.54. The Balaban J connectivity index is 1.70. The standard InChI is InChI=1S/C16H19NO4/c18-14(19)12-5-3-11(4-6-12)8-17-9-13-2-1-7-16(13,10-17)15(20)21/h3-6,13H,1-2,7-10H2,(H,18,19)(H,20,21)/t13-,16+/m0/s1. The first-order chi connectivity index (χ1) is 10.0. The molecule has 1 aromatic rings. The van der Waals surface area contributed by atoms with Crippen LogP contribution in [0.1, 0.15) is 35.2 Å². The van der Waals surface area contributed by atoms with Crippen molar-refractivity contribution in [3.05, 3.63) is 35.4 Å². The van der Waals surface area contributed by atoms with Crippen molar-refractivity contribution in [2.75, 3.05) is 13.1 Å². The maximum absolute atomic E-state index is 11.6. The van der Waals surface area contributed by atoms with E-state index in [1.807, 2.05) is 12.1 Å². The van der Waals surface area contributed by atoms with Crippen molar-refractivity contribution in [3.63, 3.8) is 0 Å². The Morgan fingerprint density at radius 2 is 1.95 bits per heavy atom. The molecule has 1 saturated heterocycles. The highest BCUT2D eigenvalue weighted by atomic mass is 16.4. The first kappa shape index (κ1) is 14.1. The topological polar surface area (TPSA) is 77.8 Å². The van der Waals surface area contributed by atoms with Crippen LogP contribution in [-0.2, 0) is 11.3 Å². The first-order valence-electron chi connectivity index (χ1n) is 7.29. The number of nitrogens with zero attached hydrogens (tertiary/aromatic N) is 1. The van der Waals surface area contributed by atoms with Crippen molar-refractivity contribution in [2.45, 2.75) is 25.8 Å². The summed E-state index contributed by atoms with van der Waals surface area (Å²) in [5.74, 6) is -1.33. The Bertz CT molecular complexity index is 568. The van der Waals surface area contributed by atoms with Gasteiger partial charge in [-0.1, -0.05) is 18.6 Å². The summed E-state index contributed by atoms with van der Waals surface area (Å²) in [5.41, 5.74) is 0.751. The van der Waals surface area contributed by atoms with Gasteiger partial charge in [-0.2, -0.15) is 0 Å². The van der Waals surface area contributed by atoms with Gasteiger partial charge in [0.15, 0.2) is 0 Å². The highest BCUT2D eigenvalue weighted by molar-refractivity contribution is 5.87. The molecule has 5 heteroatoms. The van der Waals surface area contributed by atoms with E-state index in [-0.39, 0.29) is 11.5 Å². The van der Waals surface area contributed by atoms with Crippen LogP contribution in [-0.4, -0.2) is 40.1 Å². The molecule has 0 unspecified atom stereocenters. The average molecular weight is 289 g/mol. The third-order valence-corrected chi connectivity index (χ3v) is 4.97. The number of carbonyl (C=O) groups is 2. The summed E-state index contributed by atoms with van der Waals surface area (Å²) < 4.78 is 0. The molecule has 0 bridgehead atoms. The fraction of sp³-hybridized carbons (Fsp3) is 0.500. The molecular weight excluding hydrogens is 270 g/mol. The first-order valence-corrected chi connectivity index (χ1v) is 7.29. The quantitative estimate of drug-likeness (QED) is 0.887. The van der Waals surface area contributed by atoms with Crippen LogP contribution in [0, 0.1) is 11.3 Å². The molecule has 0 radical (unpaired) electrons. The predicted molar refractivity (Wildman–Crippen MR) is 76.1 cm³/mol. The van der Waals surface area contributed by atoms with Crippen LogP contribution in [0.25, 0.3) is 0 Å². The second kappa shape index (κ2) is 5.15. The number of hydrogen-bond donors (Lipinski definition) is 2. The summed E-state index contributed by atoms with van der Waals surface area (Å²) in [7, 11) is 0. The van der Waals surface area contributed by atoms with Gasteiger partial charge in [0.2, 0.25) is 0 Å². The van der Waals surface area contributed by atoms with E-state index in [0.29, 0.717) is 13.1 Å². The van der Waals surface area contributed by atoms with Crippen LogP contribution in [0.3, 0.4) is 0 Å². The molecule has 2 N–H and O–H groups in total. The van der Waals surface area contributed by atoms with Gasteiger partial charge >= 0.3 is 11.9 Å². The smallest absolute Gasteiger partial charge is 0.335 e. The van der Waals surface area contributed by atoms with Gasteiger partial charge in [-0.3, -0.25) is 9.69 Å². The summed E-state index contributed by atoms with van der Waals surface area (Å²) in [4.78, 5) is 24.6. The van der Waals surface area contributed by atoms with Crippen LogP contribution in [0.5, 0.6) is 0 Å². The minimum absolute atomic E-state index is 0.258. The van der Waals surface area contributed by atoms with E-state index in [0.717, 1.165) is 31.4 Å². The molecule has 5 nitrogen and oxygen atoms in total. The zero-order valence-electron chi connectivity index (χ0n) is 11.8. The van der Waals surface area contributed by atoms with Gasteiger partial charge < -0.3 is 10.2 Å². The third-order valence-electron chi connectivity index (χ3n) is 4.97. The summed E-state index contributed by atoms with van der Waals surface area (Å²) in [6, 6.07) is 6.82. The Kier molecular flexibility index (Phi) is 3.45. The minimum Gasteiger partial charge on any atom is -0.481 e. The van der Waals surface area contributed by atoms with Gasteiger partial charge in [-0.25, -0.2) is 4.79 Å². The Morgan fingerprint density at radius 1 is 1.24 bits per heavy atom. The zero-order valence-corrected chi connectivity index (χ0v) is 11.8. The molecule has 1 saturated carbocycles. The average Bonchev–Trinajstić information content (AvgIpc) is 2.97. The monoisotopic (exact) mass is 289 g/mol. The molecular formula is C16H19NO4. The molecule has 2 aliphatic rings. The van der Waals surface area contributed by atoms with Gasteiger partial charge in [0, 0.05) is 19.6 Å². The SMILES string of the molecule is O=C(O)c1ccc(CN2C[C@@H]3CCC[C@@]3(C(=O)O)C2)cc1. The van der Waals surface area contributed by atoms with E-state index >= 15 is 0 Å². The maximum Gasteiger partial charge on any atom is 0.335 e. The van der Waals surface area contributed by atoms with E-state index in [1.54, 1.807) is 12.1 Å². The molecule has 0 spiro atoms. The number of likely N-dealkylation sites (tertiary alicyclic amines) is 1. The molecule has 21 heavy (non-hydrogen) atoms. The van der Waals surface area contributed by atoms with Crippen molar-refractivity contribution in [1.29, 1.82) is 0 Å². The van der Waals surface area contributed by atoms with Gasteiger partial charge in [0.25, 0.3) is 0 Å². The molecule has 2 fully saturated rings. The fourth-order valence-corrected chi connectivity index (χ4v) is 3.87. The molecule has 1 aromatic carbocycles. The van der Waals surface area contributed by atoms with Crippen LogP contribution in [0.2, 0.25) is 0 Å². The largest absolute Gasteiger partial charge is 0.481 e. The van der Waals surface area contributed by atoms with E-state index in [2.05, 4.69) is 4.90 Å². The van der Waals surface area contributed by atoms with Crippen molar-refractivity contribution in [2.24, 2.45) is 11.3 Å². The molecule has 1 heterocycles. The molecule has 1 aliphatic carbocycles. The molecule has 0 aromatic heterocycles. The summed E-state index contributed by atoms with van der Waals surface area (Å²) >= 11 is 0. The lowest BCUT2D eigenvalue weighted by atomic mass is 9.81. The Labute approximate surface area is 123 Å². The highest BCUT2D eigenvalue weighted by Crippen LogP contribution is 2.49. The Hall–Kier alpha value is -1.88. The van der Waals surface area contributed by atoms with Gasteiger partial charge in [-0.15, -0.1) is 0 Å². The number of carboxylic acid groups (broad SMARTS) is 2. The normalized spacial score (nSPS) is 28.5. The van der Waals surface area contributed by atoms with E-state index in [4.69, 9.17) is 5.11 Å². The number of benzene rings is 1. The second-order valence-corrected chi connectivity index (χ2v) is 6.22. The zero-order chi connectivity index (χ0) is 15.0. The summed E-state index contributed by atoms with van der Waals surface area (Å²) in [6.07, 6.45) is 2.79. The third kappa shape index (κ3) is 2.42. The predicted octanol–water partition coefficient (Wildman–Crippen LogP) is 2.07. The summed E-state index contributed by atoms with van der Waals surface area (Å²) in [5, 5.41) is 18.5. The van der Waals surface area contributed by atoms with Crippen molar-refractivity contribution in [3.8, 4) is 0 Å². The number of rotatable bonds is 4. The van der Waals surface area contributed by atoms with Gasteiger partial charge in [0.1, 0.15) is 0 Å². The molecule has 112 valence electrons.